The van der Waals surface area contributed by atoms with E-state index in [9.17, 15) is 14.4 Å². The average Bonchev–Trinajstić information content (AvgIpc) is 3.12. The number of para-hydroxylation sites is 1. The minimum absolute atomic E-state index is 0.129. The number of benzene rings is 1. The van der Waals surface area contributed by atoms with Crippen molar-refractivity contribution in [1.82, 2.24) is 24.0 Å². The number of hydrogen-bond donors (Lipinski definition) is 1. The van der Waals surface area contributed by atoms with Gasteiger partial charge in [0, 0.05) is 39.0 Å². The Hall–Kier alpha value is -3.36. The third-order valence-electron chi connectivity index (χ3n) is 5.51. The molecule has 3 heterocycles. The van der Waals surface area contributed by atoms with Gasteiger partial charge in [-0.05, 0) is 19.9 Å². The Kier molecular flexibility index (Phi) is 4.76. The van der Waals surface area contributed by atoms with Crippen LogP contribution in [0.3, 0.4) is 0 Å². The molecule has 1 amide bonds. The quantitative estimate of drug-likeness (QED) is 0.696. The monoisotopic (exact) mass is 411 g/mol. The van der Waals surface area contributed by atoms with Crippen molar-refractivity contribution in [3.8, 4) is 5.75 Å². The van der Waals surface area contributed by atoms with Crippen molar-refractivity contribution in [2.75, 3.05) is 0 Å². The molecular weight excluding hydrogens is 386 g/mol. The molecule has 1 aliphatic rings. The smallest absolute Gasteiger partial charge is 0.332 e. The number of nitrogens with zero attached hydrogens (tertiary/aromatic N) is 4. The highest BCUT2D eigenvalue weighted by atomic mass is 16.5. The molecule has 1 aliphatic heterocycles. The van der Waals surface area contributed by atoms with Crippen LogP contribution in [-0.2, 0) is 25.4 Å². The first-order valence-corrected chi connectivity index (χ1v) is 9.86. The molecule has 2 aromatic heterocycles. The molecule has 1 N–H and O–H groups in total. The second kappa shape index (κ2) is 7.16. The van der Waals surface area contributed by atoms with Crippen LogP contribution in [0.5, 0.6) is 5.75 Å². The lowest BCUT2D eigenvalue weighted by molar-refractivity contribution is -0.122. The molecule has 0 aliphatic carbocycles. The van der Waals surface area contributed by atoms with Gasteiger partial charge in [0.1, 0.15) is 11.4 Å². The molecule has 158 valence electrons. The molecule has 1 atom stereocenters. The van der Waals surface area contributed by atoms with E-state index in [-0.39, 0.29) is 30.5 Å². The lowest BCUT2D eigenvalue weighted by Crippen LogP contribution is -2.41. The molecule has 0 radical (unpaired) electrons. The van der Waals surface area contributed by atoms with Crippen molar-refractivity contribution >= 4 is 17.1 Å². The number of aromatic nitrogens is 4. The van der Waals surface area contributed by atoms with Gasteiger partial charge in [-0.1, -0.05) is 18.2 Å². The molecule has 1 aromatic carbocycles. The lowest BCUT2D eigenvalue weighted by atomic mass is 9.89. The van der Waals surface area contributed by atoms with Crippen LogP contribution in [0.15, 0.2) is 40.2 Å². The van der Waals surface area contributed by atoms with E-state index in [0.717, 1.165) is 15.9 Å². The van der Waals surface area contributed by atoms with Gasteiger partial charge in [0.15, 0.2) is 11.2 Å². The topological polar surface area (TPSA) is 100 Å². The van der Waals surface area contributed by atoms with E-state index >= 15 is 0 Å². The van der Waals surface area contributed by atoms with Crippen LogP contribution >= 0.6 is 0 Å². The van der Waals surface area contributed by atoms with Crippen molar-refractivity contribution in [3.63, 3.8) is 0 Å². The first-order valence-electron chi connectivity index (χ1n) is 9.86. The fourth-order valence-electron chi connectivity index (χ4n) is 3.99. The van der Waals surface area contributed by atoms with Crippen LogP contribution in [0.25, 0.3) is 11.2 Å². The van der Waals surface area contributed by atoms with Crippen LogP contribution in [0.1, 0.15) is 38.3 Å². The van der Waals surface area contributed by atoms with Gasteiger partial charge < -0.3 is 14.6 Å². The molecule has 3 aromatic rings. The number of carbonyl (C=O) groups excluding carboxylic acids is 1. The second-order valence-electron chi connectivity index (χ2n) is 8.29. The Morgan fingerprint density at radius 2 is 1.97 bits per heavy atom. The van der Waals surface area contributed by atoms with Gasteiger partial charge in [-0.3, -0.25) is 18.7 Å². The van der Waals surface area contributed by atoms with E-state index in [1.54, 1.807) is 11.6 Å². The highest BCUT2D eigenvalue weighted by Gasteiger charge is 2.34. The highest BCUT2D eigenvalue weighted by Crippen LogP contribution is 2.39. The fraction of sp³-hybridized carbons (Fsp3) is 0.429. The fourth-order valence-corrected chi connectivity index (χ4v) is 3.99. The van der Waals surface area contributed by atoms with Gasteiger partial charge in [-0.2, -0.15) is 0 Å². The van der Waals surface area contributed by atoms with Crippen LogP contribution in [-0.4, -0.2) is 30.2 Å². The number of hydrogen-bond acceptors (Lipinski definition) is 5. The molecule has 9 heteroatoms. The summed E-state index contributed by atoms with van der Waals surface area (Å²) in [5, 5.41) is 3.10. The molecule has 0 bridgehead atoms. The second-order valence-corrected chi connectivity index (χ2v) is 8.29. The summed E-state index contributed by atoms with van der Waals surface area (Å²) in [5.74, 6) is 0.653. The van der Waals surface area contributed by atoms with E-state index in [4.69, 9.17) is 4.74 Å². The number of rotatable bonds is 4. The van der Waals surface area contributed by atoms with Crippen LogP contribution in [0.2, 0.25) is 0 Å². The molecule has 4 rings (SSSR count). The van der Waals surface area contributed by atoms with Crippen molar-refractivity contribution in [2.45, 2.75) is 44.9 Å². The standard InChI is InChI=1S/C21H25N5O4/c1-21(2)11-14(13-7-5-6-8-15(13)30-21)23-16(27)9-10-26-12-22-18-17(26)19(28)25(4)20(29)24(18)3/h5-8,12,14H,9-11H2,1-4H3,(H,23,27)/t14-/m0/s1. The zero-order valence-electron chi connectivity index (χ0n) is 17.5. The van der Waals surface area contributed by atoms with E-state index in [2.05, 4.69) is 10.3 Å². The summed E-state index contributed by atoms with van der Waals surface area (Å²) in [5.41, 5.74) is 0.335. The third-order valence-corrected chi connectivity index (χ3v) is 5.51. The van der Waals surface area contributed by atoms with E-state index in [1.807, 2.05) is 38.1 Å². The molecule has 0 unspecified atom stereocenters. The number of carbonyl (C=O) groups is 1. The minimum atomic E-state index is -0.434. The van der Waals surface area contributed by atoms with Crippen molar-refractivity contribution in [3.05, 3.63) is 57.0 Å². The number of ether oxygens (including phenoxy) is 1. The Morgan fingerprint density at radius 3 is 2.73 bits per heavy atom. The first kappa shape index (κ1) is 19.9. The maximum Gasteiger partial charge on any atom is 0.332 e. The predicted molar refractivity (Wildman–Crippen MR) is 111 cm³/mol. The highest BCUT2D eigenvalue weighted by molar-refractivity contribution is 5.77. The molecule has 30 heavy (non-hydrogen) atoms. The van der Waals surface area contributed by atoms with Gasteiger partial charge in [0.25, 0.3) is 5.56 Å². The van der Waals surface area contributed by atoms with Gasteiger partial charge >= 0.3 is 5.69 Å². The number of aryl methyl sites for hydroxylation is 2. The first-order chi connectivity index (χ1) is 14.2. The summed E-state index contributed by atoms with van der Waals surface area (Å²) in [6, 6.07) is 7.57. The summed E-state index contributed by atoms with van der Waals surface area (Å²) in [7, 11) is 3.00. The van der Waals surface area contributed by atoms with Crippen LogP contribution < -0.4 is 21.3 Å². The SMILES string of the molecule is Cn1c(=O)c2c(ncn2CCC(=O)N[C@H]2CC(C)(C)Oc3ccccc32)n(C)c1=O. The minimum Gasteiger partial charge on any atom is -0.487 e. The summed E-state index contributed by atoms with van der Waals surface area (Å²) < 4.78 is 10.0. The average molecular weight is 411 g/mol. The van der Waals surface area contributed by atoms with Gasteiger partial charge in [-0.15, -0.1) is 0 Å². The molecule has 0 saturated carbocycles. The van der Waals surface area contributed by atoms with E-state index in [1.165, 1.54) is 17.9 Å². The van der Waals surface area contributed by atoms with E-state index in [0.29, 0.717) is 17.6 Å². The molecule has 0 fully saturated rings. The van der Waals surface area contributed by atoms with Crippen molar-refractivity contribution in [1.29, 1.82) is 0 Å². The Bertz CT molecular complexity index is 1250. The summed E-state index contributed by atoms with van der Waals surface area (Å²) in [6.45, 7) is 4.28. The normalized spacial score (nSPS) is 17.4. The molecule has 0 spiro atoms. The van der Waals surface area contributed by atoms with Crippen LogP contribution in [0.4, 0.5) is 0 Å². The number of imidazole rings is 1. The van der Waals surface area contributed by atoms with Crippen molar-refractivity contribution in [2.24, 2.45) is 14.1 Å². The van der Waals surface area contributed by atoms with E-state index < -0.39 is 11.2 Å². The summed E-state index contributed by atoms with van der Waals surface area (Å²) >= 11 is 0. The molecule has 9 nitrogen and oxygen atoms in total. The molecule has 0 saturated heterocycles. The van der Waals surface area contributed by atoms with Gasteiger partial charge in [0.2, 0.25) is 5.91 Å². The van der Waals surface area contributed by atoms with Gasteiger partial charge in [0.05, 0.1) is 12.4 Å². The maximum atomic E-state index is 12.7. The maximum absolute atomic E-state index is 12.7. The number of fused-ring (bicyclic) bond motifs is 2. The summed E-state index contributed by atoms with van der Waals surface area (Å²) in [6.07, 6.45) is 2.33. The third kappa shape index (κ3) is 3.40. The number of nitrogens with one attached hydrogen (secondary N) is 1. The zero-order valence-corrected chi connectivity index (χ0v) is 17.5. The number of amides is 1. The zero-order chi connectivity index (χ0) is 21.6. The lowest BCUT2D eigenvalue weighted by Gasteiger charge is -2.37. The predicted octanol–water partition coefficient (Wildman–Crippen LogP) is 1.24. The van der Waals surface area contributed by atoms with Gasteiger partial charge in [-0.25, -0.2) is 9.78 Å². The Balaban J connectivity index is 1.53. The van der Waals surface area contributed by atoms with Crippen LogP contribution in [0, 0.1) is 0 Å². The molecular formula is C21H25N5O4. The Morgan fingerprint density at radius 1 is 1.23 bits per heavy atom. The Labute approximate surface area is 172 Å². The summed E-state index contributed by atoms with van der Waals surface area (Å²) in [4.78, 5) is 41.5. The van der Waals surface area contributed by atoms with Crippen molar-refractivity contribution < 1.29 is 9.53 Å². The largest absolute Gasteiger partial charge is 0.487 e.